The van der Waals surface area contributed by atoms with Crippen LogP contribution in [0.5, 0.6) is 0 Å². The van der Waals surface area contributed by atoms with Crippen LogP contribution < -0.4 is 0 Å². The van der Waals surface area contributed by atoms with Crippen LogP contribution in [0.3, 0.4) is 0 Å². The van der Waals surface area contributed by atoms with Crippen LogP contribution >= 0.6 is 0 Å². The van der Waals surface area contributed by atoms with Crippen molar-refractivity contribution in [3.63, 3.8) is 0 Å². The molecule has 1 saturated carbocycles. The zero-order chi connectivity index (χ0) is 8.77. The Morgan fingerprint density at radius 1 is 1.42 bits per heavy atom. The van der Waals surface area contributed by atoms with Gasteiger partial charge in [0.25, 0.3) is 0 Å². The molecule has 1 aliphatic heterocycles. The molecule has 0 amide bonds. The summed E-state index contributed by atoms with van der Waals surface area (Å²) in [6.07, 6.45) is 3.50. The highest BCUT2D eigenvalue weighted by molar-refractivity contribution is 6.13. The van der Waals surface area contributed by atoms with Gasteiger partial charge in [-0.05, 0) is 18.8 Å². The minimum Gasteiger partial charge on any atom is -0.391 e. The van der Waals surface area contributed by atoms with Crippen molar-refractivity contribution in [2.24, 2.45) is 11.3 Å². The van der Waals surface area contributed by atoms with E-state index in [2.05, 4.69) is 11.7 Å². The second-order valence-corrected chi connectivity index (χ2v) is 3.96. The fourth-order valence-electron chi connectivity index (χ4n) is 2.24. The number of carbonyl (C=O) groups excluding carboxylic acids is 2. The fourth-order valence-corrected chi connectivity index (χ4v) is 2.24. The van der Waals surface area contributed by atoms with Crippen LogP contribution in [0.2, 0.25) is 0 Å². The lowest BCUT2D eigenvalue weighted by molar-refractivity contribution is -0.201. The molecule has 1 unspecified atom stereocenters. The summed E-state index contributed by atoms with van der Waals surface area (Å²) in [5.74, 6) is -0.103. The third-order valence-corrected chi connectivity index (χ3v) is 2.96. The van der Waals surface area contributed by atoms with E-state index in [0.29, 0.717) is 18.8 Å². The van der Waals surface area contributed by atoms with E-state index >= 15 is 0 Å². The van der Waals surface area contributed by atoms with E-state index in [4.69, 9.17) is 0 Å². The molecule has 66 valence electrons. The van der Waals surface area contributed by atoms with Gasteiger partial charge in [-0.15, -0.1) is 0 Å². The first kappa shape index (κ1) is 7.77. The maximum Gasteiger partial charge on any atom is 0.331 e. The summed E-state index contributed by atoms with van der Waals surface area (Å²) in [6, 6.07) is 0. The smallest absolute Gasteiger partial charge is 0.331 e. The summed E-state index contributed by atoms with van der Waals surface area (Å²) in [5.41, 5.74) is -0.711. The first-order valence-corrected chi connectivity index (χ1v) is 4.42. The van der Waals surface area contributed by atoms with Crippen LogP contribution in [0.15, 0.2) is 0 Å². The Labute approximate surface area is 71.1 Å². The summed E-state index contributed by atoms with van der Waals surface area (Å²) in [7, 11) is 0. The van der Waals surface area contributed by atoms with Gasteiger partial charge < -0.3 is 4.74 Å². The van der Waals surface area contributed by atoms with Crippen molar-refractivity contribution in [3.8, 4) is 0 Å². The first-order valence-electron chi connectivity index (χ1n) is 4.42. The van der Waals surface area contributed by atoms with Gasteiger partial charge in [0.05, 0.1) is 0 Å². The molecule has 1 heterocycles. The lowest BCUT2D eigenvalue weighted by atomic mass is 9.68. The summed E-state index contributed by atoms with van der Waals surface area (Å²) in [4.78, 5) is 22.2. The van der Waals surface area contributed by atoms with Crippen molar-refractivity contribution in [2.75, 3.05) is 0 Å². The molecular formula is C9H12O3. The predicted molar refractivity (Wildman–Crippen MR) is 41.2 cm³/mol. The van der Waals surface area contributed by atoms with Gasteiger partial charge in [-0.25, -0.2) is 0 Å². The van der Waals surface area contributed by atoms with Gasteiger partial charge in [0.2, 0.25) is 0 Å². The van der Waals surface area contributed by atoms with E-state index in [9.17, 15) is 9.59 Å². The molecule has 1 saturated heterocycles. The molecule has 12 heavy (non-hydrogen) atoms. The third kappa shape index (κ3) is 0.822. The molecule has 1 spiro atoms. The molecule has 2 aliphatic rings. The Balaban J connectivity index is 2.19. The number of cyclic esters (lactones) is 2. The summed E-state index contributed by atoms with van der Waals surface area (Å²) >= 11 is 0. The average molecular weight is 168 g/mol. The minimum absolute atomic E-state index is 0.293. The highest BCUT2D eigenvalue weighted by atomic mass is 16.6. The Kier molecular flexibility index (Phi) is 1.50. The molecular weight excluding hydrogens is 156 g/mol. The number of ether oxygens (including phenoxy) is 1. The van der Waals surface area contributed by atoms with Gasteiger partial charge >= 0.3 is 11.9 Å². The number of rotatable bonds is 0. The second-order valence-electron chi connectivity index (χ2n) is 3.96. The van der Waals surface area contributed by atoms with Crippen LogP contribution in [0.1, 0.15) is 32.6 Å². The van der Waals surface area contributed by atoms with E-state index in [1.165, 1.54) is 0 Å². The minimum atomic E-state index is -0.711. The zero-order valence-corrected chi connectivity index (χ0v) is 7.13. The zero-order valence-electron chi connectivity index (χ0n) is 7.13. The van der Waals surface area contributed by atoms with Gasteiger partial charge in [-0.3, -0.25) is 9.59 Å². The summed E-state index contributed by atoms with van der Waals surface area (Å²) < 4.78 is 4.40. The second kappa shape index (κ2) is 2.31. The van der Waals surface area contributed by atoms with E-state index < -0.39 is 5.41 Å². The van der Waals surface area contributed by atoms with Gasteiger partial charge in [0, 0.05) is 0 Å². The molecule has 0 radical (unpaired) electrons. The Morgan fingerprint density at radius 3 is 2.50 bits per heavy atom. The van der Waals surface area contributed by atoms with Gasteiger partial charge in [-0.2, -0.15) is 0 Å². The third-order valence-electron chi connectivity index (χ3n) is 2.96. The lowest BCUT2D eigenvalue weighted by Crippen LogP contribution is -2.55. The SMILES string of the molecule is CC1CCCC2(C1)C(=O)OC2=O. The van der Waals surface area contributed by atoms with Crippen molar-refractivity contribution < 1.29 is 14.3 Å². The standard InChI is InChI=1S/C9H12O3/c1-6-3-2-4-9(5-6)7(10)12-8(9)11/h6H,2-5H2,1H3. The lowest BCUT2D eigenvalue weighted by Gasteiger charge is -2.41. The summed E-state index contributed by atoms with van der Waals surface area (Å²) in [6.45, 7) is 2.08. The summed E-state index contributed by atoms with van der Waals surface area (Å²) in [5, 5.41) is 0. The molecule has 0 N–H and O–H groups in total. The van der Waals surface area contributed by atoms with Crippen molar-refractivity contribution in [1.29, 1.82) is 0 Å². The van der Waals surface area contributed by atoms with Crippen LogP contribution in [-0.2, 0) is 14.3 Å². The monoisotopic (exact) mass is 168 g/mol. The number of carbonyl (C=O) groups is 2. The average Bonchev–Trinajstić information content (AvgIpc) is 2.05. The Hall–Kier alpha value is -0.860. The van der Waals surface area contributed by atoms with Crippen LogP contribution in [0, 0.1) is 11.3 Å². The quantitative estimate of drug-likeness (QED) is 0.404. The Bertz CT molecular complexity index is 230. The van der Waals surface area contributed by atoms with Crippen molar-refractivity contribution in [3.05, 3.63) is 0 Å². The maximum atomic E-state index is 11.1. The number of hydrogen-bond donors (Lipinski definition) is 0. The van der Waals surface area contributed by atoms with Crippen LogP contribution in [0.4, 0.5) is 0 Å². The van der Waals surface area contributed by atoms with Crippen LogP contribution in [-0.4, -0.2) is 11.9 Å². The highest BCUT2D eigenvalue weighted by Crippen LogP contribution is 2.46. The van der Waals surface area contributed by atoms with Crippen molar-refractivity contribution in [2.45, 2.75) is 32.6 Å². The largest absolute Gasteiger partial charge is 0.391 e. The number of hydrogen-bond acceptors (Lipinski definition) is 3. The molecule has 3 heteroatoms. The van der Waals surface area contributed by atoms with Crippen LogP contribution in [0.25, 0.3) is 0 Å². The molecule has 0 aromatic carbocycles. The molecule has 0 aromatic heterocycles. The molecule has 1 aliphatic carbocycles. The maximum absolute atomic E-state index is 11.1. The topological polar surface area (TPSA) is 43.4 Å². The highest BCUT2D eigenvalue weighted by Gasteiger charge is 2.59. The molecule has 2 rings (SSSR count). The van der Waals surface area contributed by atoms with E-state index in [0.717, 1.165) is 12.8 Å². The van der Waals surface area contributed by atoms with E-state index in [1.54, 1.807) is 0 Å². The predicted octanol–water partition coefficient (Wildman–Crippen LogP) is 1.27. The molecule has 3 nitrogen and oxygen atoms in total. The molecule has 0 aromatic rings. The van der Waals surface area contributed by atoms with Crippen molar-refractivity contribution in [1.82, 2.24) is 0 Å². The molecule has 1 atom stereocenters. The molecule has 0 bridgehead atoms. The first-order chi connectivity index (χ1) is 5.65. The van der Waals surface area contributed by atoms with E-state index in [1.807, 2.05) is 0 Å². The fraction of sp³-hybridized carbons (Fsp3) is 0.778. The van der Waals surface area contributed by atoms with Gasteiger partial charge in [0.1, 0.15) is 0 Å². The number of esters is 2. The normalized spacial score (nSPS) is 32.9. The van der Waals surface area contributed by atoms with Crippen molar-refractivity contribution >= 4 is 11.9 Å². The Morgan fingerprint density at radius 2 is 2.08 bits per heavy atom. The van der Waals surface area contributed by atoms with Gasteiger partial charge in [-0.1, -0.05) is 19.8 Å². The molecule has 2 fully saturated rings. The van der Waals surface area contributed by atoms with E-state index in [-0.39, 0.29) is 11.9 Å². The van der Waals surface area contributed by atoms with Gasteiger partial charge in [0.15, 0.2) is 5.41 Å².